The van der Waals surface area contributed by atoms with Crippen LogP contribution in [0.3, 0.4) is 0 Å². The quantitative estimate of drug-likeness (QED) is 0.726. The van der Waals surface area contributed by atoms with Gasteiger partial charge in [-0.15, -0.1) is 0 Å². The number of hydrogen-bond donors (Lipinski definition) is 1. The van der Waals surface area contributed by atoms with Crippen molar-refractivity contribution in [2.24, 2.45) is 0 Å². The van der Waals surface area contributed by atoms with E-state index in [1.165, 1.54) is 28.8 Å². The Morgan fingerprint density at radius 2 is 1.76 bits per heavy atom. The number of halogens is 2. The highest BCUT2D eigenvalue weighted by Crippen LogP contribution is 2.24. The SMILES string of the molecule is CN1CCN(c2nc3c(cc2F)c(=O)c(C(=O)O)cn3-c2ccc(F)cc2)CC1. The Morgan fingerprint density at radius 1 is 1.10 bits per heavy atom. The van der Waals surface area contributed by atoms with E-state index in [4.69, 9.17) is 0 Å². The van der Waals surface area contributed by atoms with Gasteiger partial charge in [-0.05, 0) is 37.4 Å². The molecule has 1 aliphatic rings. The fraction of sp³-hybridized carbons (Fsp3) is 0.250. The lowest BCUT2D eigenvalue weighted by molar-refractivity contribution is 0.0695. The number of aromatic nitrogens is 2. The molecule has 2 aromatic heterocycles. The predicted molar refractivity (Wildman–Crippen MR) is 104 cm³/mol. The van der Waals surface area contributed by atoms with E-state index < -0.39 is 28.6 Å². The first-order valence-corrected chi connectivity index (χ1v) is 9.04. The van der Waals surface area contributed by atoms with Crippen LogP contribution in [0.1, 0.15) is 10.4 Å². The summed E-state index contributed by atoms with van der Waals surface area (Å²) in [4.78, 5) is 32.4. The van der Waals surface area contributed by atoms with E-state index >= 15 is 0 Å². The number of benzene rings is 1. The molecule has 0 radical (unpaired) electrons. The number of piperazine rings is 1. The van der Waals surface area contributed by atoms with Crippen molar-refractivity contribution in [1.82, 2.24) is 14.5 Å². The zero-order valence-electron chi connectivity index (χ0n) is 15.6. The van der Waals surface area contributed by atoms with Crippen molar-refractivity contribution in [3.05, 3.63) is 63.9 Å². The number of aromatic carboxylic acids is 1. The van der Waals surface area contributed by atoms with Gasteiger partial charge < -0.3 is 19.5 Å². The molecule has 3 heterocycles. The molecular weight excluding hydrogens is 382 g/mol. The lowest BCUT2D eigenvalue weighted by atomic mass is 10.1. The largest absolute Gasteiger partial charge is 0.477 e. The number of nitrogens with zero attached hydrogens (tertiary/aromatic N) is 4. The van der Waals surface area contributed by atoms with Gasteiger partial charge in [-0.25, -0.2) is 18.6 Å². The Morgan fingerprint density at radius 3 is 2.38 bits per heavy atom. The van der Waals surface area contributed by atoms with Crippen LogP contribution in [0.25, 0.3) is 16.7 Å². The molecule has 0 unspecified atom stereocenters. The van der Waals surface area contributed by atoms with E-state index in [-0.39, 0.29) is 16.9 Å². The molecule has 3 aromatic rings. The Bertz CT molecular complexity index is 1150. The minimum atomic E-state index is -1.43. The molecule has 0 saturated carbocycles. The van der Waals surface area contributed by atoms with Crippen LogP contribution in [0, 0.1) is 11.6 Å². The van der Waals surface area contributed by atoms with E-state index in [2.05, 4.69) is 9.88 Å². The monoisotopic (exact) mass is 400 g/mol. The van der Waals surface area contributed by atoms with Gasteiger partial charge in [0.1, 0.15) is 11.4 Å². The van der Waals surface area contributed by atoms with Gasteiger partial charge >= 0.3 is 5.97 Å². The number of hydrogen-bond acceptors (Lipinski definition) is 5. The van der Waals surface area contributed by atoms with Crippen LogP contribution in [0.5, 0.6) is 0 Å². The summed E-state index contributed by atoms with van der Waals surface area (Å²) in [6.07, 6.45) is 1.14. The fourth-order valence-electron chi connectivity index (χ4n) is 3.41. The van der Waals surface area contributed by atoms with Crippen molar-refractivity contribution in [2.45, 2.75) is 0 Å². The molecule has 0 amide bonds. The number of carbonyl (C=O) groups is 1. The standard InChI is InChI=1S/C20H18F2N4O3/c1-24-6-8-25(9-7-24)19-16(22)10-14-17(27)15(20(28)29)11-26(18(14)23-19)13-4-2-12(21)3-5-13/h2-5,10-11H,6-9H2,1H3,(H,28,29). The summed E-state index contributed by atoms with van der Waals surface area (Å²) in [6.45, 7) is 2.61. The molecular formula is C20H18F2N4O3. The maximum absolute atomic E-state index is 14.8. The average molecular weight is 400 g/mol. The minimum absolute atomic E-state index is 0.101. The van der Waals surface area contributed by atoms with E-state index in [1.807, 2.05) is 7.05 Å². The fourth-order valence-corrected chi connectivity index (χ4v) is 3.41. The molecule has 1 aromatic carbocycles. The number of anilines is 1. The van der Waals surface area contributed by atoms with Crippen molar-refractivity contribution < 1.29 is 18.7 Å². The maximum atomic E-state index is 14.8. The van der Waals surface area contributed by atoms with Crippen LogP contribution < -0.4 is 10.3 Å². The van der Waals surface area contributed by atoms with Crippen molar-refractivity contribution in [2.75, 3.05) is 38.1 Å². The number of pyridine rings is 2. The Kier molecular flexibility index (Phi) is 4.75. The normalized spacial score (nSPS) is 15.1. The first-order valence-electron chi connectivity index (χ1n) is 9.04. The molecule has 1 N–H and O–H groups in total. The van der Waals surface area contributed by atoms with Crippen LogP contribution in [0.4, 0.5) is 14.6 Å². The van der Waals surface area contributed by atoms with Crippen molar-refractivity contribution in [3.8, 4) is 5.69 Å². The third-order valence-corrected chi connectivity index (χ3v) is 5.05. The molecule has 0 bridgehead atoms. The molecule has 1 fully saturated rings. The second-order valence-electron chi connectivity index (χ2n) is 6.98. The summed E-state index contributed by atoms with van der Waals surface area (Å²) in [5.41, 5.74) is -0.818. The van der Waals surface area contributed by atoms with Crippen molar-refractivity contribution in [1.29, 1.82) is 0 Å². The molecule has 9 heteroatoms. The van der Waals surface area contributed by atoms with Crippen LogP contribution in [-0.4, -0.2) is 58.8 Å². The van der Waals surface area contributed by atoms with E-state index in [0.717, 1.165) is 25.4 Å². The molecule has 7 nitrogen and oxygen atoms in total. The number of fused-ring (bicyclic) bond motifs is 1. The zero-order valence-corrected chi connectivity index (χ0v) is 15.6. The molecule has 0 atom stereocenters. The Hall–Kier alpha value is -3.33. The van der Waals surface area contributed by atoms with Crippen LogP contribution in [0.2, 0.25) is 0 Å². The molecule has 1 saturated heterocycles. The second kappa shape index (κ2) is 7.25. The van der Waals surface area contributed by atoms with Crippen molar-refractivity contribution in [3.63, 3.8) is 0 Å². The van der Waals surface area contributed by atoms with Gasteiger partial charge in [0.25, 0.3) is 0 Å². The molecule has 1 aliphatic heterocycles. The predicted octanol–water partition coefficient (Wildman–Crippen LogP) is 2.11. The second-order valence-corrected chi connectivity index (χ2v) is 6.98. The first-order chi connectivity index (χ1) is 13.8. The highest BCUT2D eigenvalue weighted by atomic mass is 19.1. The van der Waals surface area contributed by atoms with Gasteiger partial charge in [-0.1, -0.05) is 0 Å². The maximum Gasteiger partial charge on any atom is 0.341 e. The summed E-state index contributed by atoms with van der Waals surface area (Å²) in [5, 5.41) is 9.24. The van der Waals surface area contributed by atoms with Gasteiger partial charge in [-0.3, -0.25) is 4.79 Å². The number of rotatable bonds is 3. The third kappa shape index (κ3) is 3.44. The van der Waals surface area contributed by atoms with Gasteiger partial charge in [0.05, 0.1) is 5.39 Å². The van der Waals surface area contributed by atoms with E-state index in [9.17, 15) is 23.5 Å². The topological polar surface area (TPSA) is 78.7 Å². The van der Waals surface area contributed by atoms with E-state index in [0.29, 0.717) is 18.8 Å². The lowest BCUT2D eigenvalue weighted by Gasteiger charge is -2.33. The number of carboxylic acid groups (broad SMARTS) is 1. The molecule has 150 valence electrons. The summed E-state index contributed by atoms with van der Waals surface area (Å²) in [5.74, 6) is -2.48. The van der Waals surface area contributed by atoms with Gasteiger partial charge in [-0.2, -0.15) is 0 Å². The lowest BCUT2D eigenvalue weighted by Crippen LogP contribution is -2.45. The summed E-state index contributed by atoms with van der Waals surface area (Å²) >= 11 is 0. The first kappa shape index (κ1) is 19.0. The highest BCUT2D eigenvalue weighted by molar-refractivity contribution is 5.92. The zero-order chi connectivity index (χ0) is 20.7. The summed E-state index contributed by atoms with van der Waals surface area (Å²) in [7, 11) is 1.97. The Balaban J connectivity index is 1.97. The molecule has 4 rings (SSSR count). The third-order valence-electron chi connectivity index (χ3n) is 5.05. The highest BCUT2D eigenvalue weighted by Gasteiger charge is 2.23. The Labute approximate surface area is 164 Å². The molecule has 29 heavy (non-hydrogen) atoms. The number of likely N-dealkylation sites (N-methyl/N-ethyl adjacent to an activating group) is 1. The summed E-state index contributed by atoms with van der Waals surface area (Å²) in [6, 6.07) is 6.33. The van der Waals surface area contributed by atoms with Crippen LogP contribution >= 0.6 is 0 Å². The molecule has 0 aliphatic carbocycles. The van der Waals surface area contributed by atoms with E-state index in [1.54, 1.807) is 4.90 Å². The van der Waals surface area contributed by atoms with Crippen LogP contribution in [0.15, 0.2) is 41.3 Å². The average Bonchev–Trinajstić information content (AvgIpc) is 2.70. The van der Waals surface area contributed by atoms with Gasteiger partial charge in [0.15, 0.2) is 17.3 Å². The molecule has 0 spiro atoms. The van der Waals surface area contributed by atoms with Crippen molar-refractivity contribution >= 4 is 22.8 Å². The smallest absolute Gasteiger partial charge is 0.341 e. The number of carboxylic acids is 1. The van der Waals surface area contributed by atoms with Crippen LogP contribution in [-0.2, 0) is 0 Å². The van der Waals surface area contributed by atoms with Gasteiger partial charge in [0, 0.05) is 38.1 Å². The minimum Gasteiger partial charge on any atom is -0.477 e. The summed E-state index contributed by atoms with van der Waals surface area (Å²) < 4.78 is 29.6. The van der Waals surface area contributed by atoms with Gasteiger partial charge in [0.2, 0.25) is 5.43 Å².